The highest BCUT2D eigenvalue weighted by Crippen LogP contribution is 2.24. The second-order valence-corrected chi connectivity index (χ2v) is 9.26. The molecule has 0 saturated heterocycles. The molecule has 0 unspecified atom stereocenters. The minimum atomic E-state index is -4.07. The number of hydrazone groups is 1. The first-order valence-corrected chi connectivity index (χ1v) is 11.7. The summed E-state index contributed by atoms with van der Waals surface area (Å²) in [6.45, 7) is 0. The first-order chi connectivity index (χ1) is 15.4. The highest BCUT2D eigenvalue weighted by Gasteiger charge is 2.18. The lowest BCUT2D eigenvalue weighted by atomic mass is 10.1. The van der Waals surface area contributed by atoms with E-state index in [9.17, 15) is 13.2 Å². The van der Waals surface area contributed by atoms with Gasteiger partial charge in [0.15, 0.2) is 5.75 Å². The Hall–Kier alpha value is -3.49. The zero-order valence-electron chi connectivity index (χ0n) is 16.6. The number of amides is 1. The van der Waals surface area contributed by atoms with Gasteiger partial charge in [0.2, 0.25) is 0 Å². The average Bonchev–Trinajstić information content (AvgIpc) is 2.79. The minimum Gasteiger partial charge on any atom is -0.378 e. The van der Waals surface area contributed by atoms with Gasteiger partial charge in [0.25, 0.3) is 5.91 Å². The van der Waals surface area contributed by atoms with Gasteiger partial charge in [0.05, 0.1) is 6.21 Å². The number of halogens is 1. The Balaban J connectivity index is 1.53. The fourth-order valence-electron chi connectivity index (χ4n) is 3.01. The molecule has 0 heterocycles. The molecule has 6 nitrogen and oxygen atoms in total. The quantitative estimate of drug-likeness (QED) is 0.222. The van der Waals surface area contributed by atoms with Crippen LogP contribution in [0.15, 0.2) is 105 Å². The lowest BCUT2D eigenvalue weighted by Gasteiger charge is -2.10. The molecule has 0 spiro atoms. The van der Waals surface area contributed by atoms with Crippen molar-refractivity contribution in [2.75, 3.05) is 0 Å². The van der Waals surface area contributed by atoms with E-state index in [1.54, 1.807) is 48.5 Å². The molecule has 1 amide bonds. The highest BCUT2D eigenvalue weighted by molar-refractivity contribution is 9.10. The Morgan fingerprint density at radius 3 is 2.44 bits per heavy atom. The number of rotatable bonds is 6. The van der Waals surface area contributed by atoms with Crippen molar-refractivity contribution in [1.29, 1.82) is 0 Å². The van der Waals surface area contributed by atoms with Gasteiger partial charge in [0, 0.05) is 15.6 Å². The monoisotopic (exact) mass is 508 g/mol. The summed E-state index contributed by atoms with van der Waals surface area (Å²) in [7, 11) is -4.07. The lowest BCUT2D eigenvalue weighted by molar-refractivity contribution is 0.0955. The third-order valence-corrected chi connectivity index (χ3v) is 6.31. The molecule has 0 aliphatic heterocycles. The zero-order chi connectivity index (χ0) is 22.6. The van der Waals surface area contributed by atoms with E-state index in [0.717, 1.165) is 15.2 Å². The van der Waals surface area contributed by atoms with Crippen LogP contribution < -0.4 is 9.61 Å². The van der Waals surface area contributed by atoms with E-state index in [2.05, 4.69) is 26.5 Å². The van der Waals surface area contributed by atoms with Crippen molar-refractivity contribution >= 4 is 48.9 Å². The molecular formula is C24H17BrN2O4S. The summed E-state index contributed by atoms with van der Waals surface area (Å²) in [5.74, 6) is -0.300. The number of carbonyl (C=O) groups is 1. The molecule has 4 aromatic carbocycles. The maximum atomic E-state index is 12.9. The van der Waals surface area contributed by atoms with E-state index >= 15 is 0 Å². The fourth-order valence-corrected chi connectivity index (χ4v) is 4.40. The number of nitrogens with zero attached hydrogens (tertiary/aromatic N) is 1. The Kier molecular flexibility index (Phi) is 6.34. The van der Waals surface area contributed by atoms with Gasteiger partial charge in [-0.3, -0.25) is 4.79 Å². The van der Waals surface area contributed by atoms with Gasteiger partial charge in [-0.05, 0) is 53.2 Å². The molecule has 0 saturated carbocycles. The molecule has 4 rings (SSSR count). The molecule has 0 aromatic heterocycles. The topological polar surface area (TPSA) is 84.8 Å². The van der Waals surface area contributed by atoms with Gasteiger partial charge in [0.1, 0.15) is 4.90 Å². The van der Waals surface area contributed by atoms with E-state index in [1.807, 2.05) is 30.3 Å². The summed E-state index contributed by atoms with van der Waals surface area (Å²) in [6, 6.07) is 25.7. The summed E-state index contributed by atoms with van der Waals surface area (Å²) in [4.78, 5) is 12.3. The standard InChI is InChI=1S/C24H17BrN2O4S/c25-21-10-5-9-19(14-21)24(28)27-26-16-20-8-3-4-11-23(20)31-32(29,30)22-13-12-17-6-1-2-7-18(17)15-22/h1-16H,(H,27,28)/b26-16-. The second kappa shape index (κ2) is 9.33. The second-order valence-electron chi connectivity index (χ2n) is 6.79. The highest BCUT2D eigenvalue weighted by atomic mass is 79.9. The first kappa shape index (κ1) is 21.7. The van der Waals surface area contributed by atoms with Crippen LogP contribution in [0.3, 0.4) is 0 Å². The summed E-state index contributed by atoms with van der Waals surface area (Å²) < 4.78 is 31.9. The summed E-state index contributed by atoms with van der Waals surface area (Å²) in [6.07, 6.45) is 1.33. The van der Waals surface area contributed by atoms with Crippen LogP contribution >= 0.6 is 15.9 Å². The Bertz CT molecular complexity index is 1430. The van der Waals surface area contributed by atoms with Gasteiger partial charge < -0.3 is 4.18 Å². The van der Waals surface area contributed by atoms with Crippen LogP contribution in [0.1, 0.15) is 15.9 Å². The summed E-state index contributed by atoms with van der Waals surface area (Å²) in [5, 5.41) is 5.66. The molecule has 160 valence electrons. The number of para-hydroxylation sites is 1. The Morgan fingerprint density at radius 2 is 1.62 bits per heavy atom. The van der Waals surface area contributed by atoms with E-state index in [-0.39, 0.29) is 10.6 Å². The van der Waals surface area contributed by atoms with Crippen molar-refractivity contribution < 1.29 is 17.4 Å². The molecule has 0 aliphatic carbocycles. The normalized spacial score (nSPS) is 11.5. The third-order valence-electron chi connectivity index (χ3n) is 4.58. The molecule has 0 fully saturated rings. The molecule has 0 radical (unpaired) electrons. The largest absolute Gasteiger partial charge is 0.378 e. The van der Waals surface area contributed by atoms with Crippen LogP contribution in [0.25, 0.3) is 10.8 Å². The van der Waals surface area contributed by atoms with E-state index in [0.29, 0.717) is 11.1 Å². The number of benzene rings is 4. The van der Waals surface area contributed by atoms with Gasteiger partial charge >= 0.3 is 10.1 Å². The van der Waals surface area contributed by atoms with Crippen LogP contribution in [-0.2, 0) is 10.1 Å². The molecular weight excluding hydrogens is 492 g/mol. The minimum absolute atomic E-state index is 0.0471. The van der Waals surface area contributed by atoms with Gasteiger partial charge in [-0.2, -0.15) is 13.5 Å². The maximum Gasteiger partial charge on any atom is 0.339 e. The van der Waals surface area contributed by atoms with E-state index < -0.39 is 16.0 Å². The molecule has 0 bridgehead atoms. The number of nitrogens with one attached hydrogen (secondary N) is 1. The summed E-state index contributed by atoms with van der Waals surface area (Å²) >= 11 is 3.31. The van der Waals surface area contributed by atoms with Crippen molar-refractivity contribution in [2.24, 2.45) is 5.10 Å². The van der Waals surface area contributed by atoms with Crippen LogP contribution in [0.2, 0.25) is 0 Å². The Morgan fingerprint density at radius 1 is 0.875 bits per heavy atom. The molecule has 8 heteroatoms. The fraction of sp³-hybridized carbons (Fsp3) is 0. The van der Waals surface area contributed by atoms with Gasteiger partial charge in [-0.25, -0.2) is 5.43 Å². The van der Waals surface area contributed by atoms with E-state index in [4.69, 9.17) is 4.18 Å². The molecule has 4 aromatic rings. The number of hydrogen-bond donors (Lipinski definition) is 1. The van der Waals surface area contributed by atoms with Crippen molar-refractivity contribution in [2.45, 2.75) is 4.90 Å². The molecule has 0 atom stereocenters. The number of carbonyl (C=O) groups excluding carboxylic acids is 1. The SMILES string of the molecule is O=C(N/N=C\c1ccccc1OS(=O)(=O)c1ccc2ccccc2c1)c1cccc(Br)c1. The summed E-state index contributed by atoms with van der Waals surface area (Å²) in [5.41, 5.74) is 3.25. The van der Waals surface area contributed by atoms with Crippen LogP contribution in [-0.4, -0.2) is 20.5 Å². The van der Waals surface area contributed by atoms with Crippen LogP contribution in [0.4, 0.5) is 0 Å². The smallest absolute Gasteiger partial charge is 0.339 e. The lowest BCUT2D eigenvalue weighted by Crippen LogP contribution is -2.17. The molecule has 0 aliphatic rings. The van der Waals surface area contributed by atoms with Crippen LogP contribution in [0.5, 0.6) is 5.75 Å². The molecule has 32 heavy (non-hydrogen) atoms. The van der Waals surface area contributed by atoms with Crippen molar-refractivity contribution in [3.05, 3.63) is 107 Å². The van der Waals surface area contributed by atoms with E-state index in [1.165, 1.54) is 18.3 Å². The number of fused-ring (bicyclic) bond motifs is 1. The molecule has 1 N–H and O–H groups in total. The maximum absolute atomic E-state index is 12.9. The van der Waals surface area contributed by atoms with Crippen molar-refractivity contribution in [3.63, 3.8) is 0 Å². The predicted octanol–water partition coefficient (Wildman–Crippen LogP) is 5.13. The predicted molar refractivity (Wildman–Crippen MR) is 127 cm³/mol. The zero-order valence-corrected chi connectivity index (χ0v) is 19.0. The van der Waals surface area contributed by atoms with Crippen molar-refractivity contribution in [1.82, 2.24) is 5.43 Å². The van der Waals surface area contributed by atoms with Crippen LogP contribution in [0, 0.1) is 0 Å². The van der Waals surface area contributed by atoms with Gasteiger partial charge in [-0.1, -0.05) is 64.5 Å². The number of hydrogen-bond acceptors (Lipinski definition) is 5. The first-order valence-electron chi connectivity index (χ1n) is 9.54. The third kappa shape index (κ3) is 5.04. The Labute approximate surface area is 193 Å². The average molecular weight is 509 g/mol. The van der Waals surface area contributed by atoms with Gasteiger partial charge in [-0.15, -0.1) is 0 Å². The van der Waals surface area contributed by atoms with Crippen molar-refractivity contribution in [3.8, 4) is 5.75 Å².